The van der Waals surface area contributed by atoms with Crippen molar-refractivity contribution in [2.24, 2.45) is 5.10 Å². The van der Waals surface area contributed by atoms with Crippen molar-refractivity contribution in [3.8, 4) is 29.0 Å². The summed E-state index contributed by atoms with van der Waals surface area (Å²) in [5.74, 6) is 1.85. The van der Waals surface area contributed by atoms with Crippen molar-refractivity contribution in [1.82, 2.24) is 9.66 Å². The molecule has 0 aliphatic heterocycles. The molecule has 9 heteroatoms. The van der Waals surface area contributed by atoms with Crippen molar-refractivity contribution in [3.05, 3.63) is 120 Å². The smallest absolute Gasteiger partial charge is 0.282 e. The van der Waals surface area contributed by atoms with E-state index in [0.717, 1.165) is 28.0 Å². The van der Waals surface area contributed by atoms with Gasteiger partial charge in [0.1, 0.15) is 18.1 Å². The zero-order chi connectivity index (χ0) is 31.4. The first-order chi connectivity index (χ1) is 21.2. The Morgan fingerprint density at radius 3 is 2.59 bits per heavy atom. The first-order valence-electron chi connectivity index (χ1n) is 14.2. The molecular formula is C35H30BrClN4O3. The Labute approximate surface area is 269 Å². The molecule has 0 unspecified atom stereocenters. The van der Waals surface area contributed by atoms with Crippen molar-refractivity contribution in [3.63, 3.8) is 0 Å². The first kappa shape index (κ1) is 31.0. The highest BCUT2D eigenvalue weighted by Crippen LogP contribution is 2.35. The molecule has 0 atom stereocenters. The molecule has 7 nitrogen and oxygen atoms in total. The number of rotatable bonds is 9. The van der Waals surface area contributed by atoms with Crippen molar-refractivity contribution >= 4 is 44.6 Å². The number of para-hydroxylation sites is 1. The van der Waals surface area contributed by atoms with Crippen LogP contribution in [0.4, 0.5) is 0 Å². The van der Waals surface area contributed by atoms with Crippen LogP contribution < -0.4 is 15.0 Å². The van der Waals surface area contributed by atoms with Crippen molar-refractivity contribution in [1.29, 1.82) is 5.26 Å². The predicted molar refractivity (Wildman–Crippen MR) is 179 cm³/mol. The Kier molecular flexibility index (Phi) is 9.48. The fourth-order valence-electron chi connectivity index (χ4n) is 4.93. The number of aryl methyl sites for hydroxylation is 1. The Morgan fingerprint density at radius 2 is 1.84 bits per heavy atom. The molecule has 0 bridgehead atoms. The second-order valence-electron chi connectivity index (χ2n) is 10.5. The van der Waals surface area contributed by atoms with Crippen molar-refractivity contribution in [2.45, 2.75) is 40.2 Å². The van der Waals surface area contributed by atoms with Crippen LogP contribution in [-0.2, 0) is 6.61 Å². The number of ether oxygens (including phenoxy) is 2. The van der Waals surface area contributed by atoms with Crippen LogP contribution in [0.15, 0.2) is 87.2 Å². The van der Waals surface area contributed by atoms with E-state index < -0.39 is 0 Å². The average molecular weight is 670 g/mol. The van der Waals surface area contributed by atoms with E-state index in [1.54, 1.807) is 30.3 Å². The molecule has 0 N–H and O–H groups in total. The average Bonchev–Trinajstić information content (AvgIpc) is 3.00. The van der Waals surface area contributed by atoms with Crippen LogP contribution in [0.3, 0.4) is 0 Å². The van der Waals surface area contributed by atoms with Gasteiger partial charge in [0, 0.05) is 21.7 Å². The third-order valence-electron chi connectivity index (χ3n) is 7.13. The van der Waals surface area contributed by atoms with Gasteiger partial charge in [0.15, 0.2) is 5.82 Å². The third-order valence-corrected chi connectivity index (χ3v) is 7.94. The van der Waals surface area contributed by atoms with Gasteiger partial charge in [-0.15, -0.1) is 0 Å². The number of benzene rings is 4. The highest BCUT2D eigenvalue weighted by Gasteiger charge is 2.19. The van der Waals surface area contributed by atoms with E-state index in [4.69, 9.17) is 26.1 Å². The van der Waals surface area contributed by atoms with Crippen molar-refractivity contribution < 1.29 is 9.47 Å². The Hall–Kier alpha value is -4.45. The summed E-state index contributed by atoms with van der Waals surface area (Å²) >= 11 is 9.98. The molecule has 0 aliphatic carbocycles. The molecule has 222 valence electrons. The highest BCUT2D eigenvalue weighted by molar-refractivity contribution is 9.10. The van der Waals surface area contributed by atoms with Crippen LogP contribution in [0.2, 0.25) is 5.02 Å². The fourth-order valence-corrected chi connectivity index (χ4v) is 5.88. The molecule has 0 aliphatic rings. The van der Waals surface area contributed by atoms with Gasteiger partial charge in [0.05, 0.1) is 39.8 Å². The minimum Gasteiger partial charge on any atom is -0.494 e. The van der Waals surface area contributed by atoms with Gasteiger partial charge in [-0.25, -0.2) is 4.98 Å². The van der Waals surface area contributed by atoms with Crippen LogP contribution in [0.1, 0.15) is 54.5 Å². The number of hydrogen-bond acceptors (Lipinski definition) is 6. The van der Waals surface area contributed by atoms with E-state index in [1.165, 1.54) is 10.9 Å². The molecule has 4 aromatic carbocycles. The molecule has 0 amide bonds. The number of fused-ring (bicyclic) bond motifs is 1. The summed E-state index contributed by atoms with van der Waals surface area (Å²) < 4.78 is 14.0. The van der Waals surface area contributed by atoms with Gasteiger partial charge in [0.2, 0.25) is 0 Å². The number of halogens is 2. The van der Waals surface area contributed by atoms with Crippen LogP contribution in [0, 0.1) is 18.3 Å². The first-order valence-corrected chi connectivity index (χ1v) is 15.3. The van der Waals surface area contributed by atoms with Gasteiger partial charge < -0.3 is 9.47 Å². The molecule has 5 rings (SSSR count). The summed E-state index contributed by atoms with van der Waals surface area (Å²) in [5.41, 5.74) is 4.75. The third kappa shape index (κ3) is 6.40. The van der Waals surface area contributed by atoms with Gasteiger partial charge in [-0.1, -0.05) is 55.8 Å². The lowest BCUT2D eigenvalue weighted by molar-refractivity contribution is 0.303. The SMILES string of the molecule is CCOc1cc(C)c(-c2nc3ccccc3c(=O)n2N=Cc2cc(Cl)cc(Br)c2OCc2ccccc2C#N)cc1C(C)C. The molecule has 0 spiro atoms. The second kappa shape index (κ2) is 13.5. The van der Waals surface area contributed by atoms with Crippen LogP contribution in [0.25, 0.3) is 22.3 Å². The van der Waals surface area contributed by atoms with Crippen molar-refractivity contribution in [2.75, 3.05) is 6.61 Å². The molecule has 44 heavy (non-hydrogen) atoms. The summed E-state index contributed by atoms with van der Waals surface area (Å²) in [6.07, 6.45) is 1.54. The molecule has 0 saturated heterocycles. The van der Waals surface area contributed by atoms with Gasteiger partial charge in [-0.2, -0.15) is 15.0 Å². The van der Waals surface area contributed by atoms with Gasteiger partial charge >= 0.3 is 0 Å². The summed E-state index contributed by atoms with van der Waals surface area (Å²) in [6.45, 7) is 8.82. The Bertz CT molecular complexity index is 2000. The lowest BCUT2D eigenvalue weighted by Gasteiger charge is -2.18. The highest BCUT2D eigenvalue weighted by atomic mass is 79.9. The maximum atomic E-state index is 13.9. The molecule has 5 aromatic rings. The fraction of sp³-hybridized carbons (Fsp3) is 0.200. The summed E-state index contributed by atoms with van der Waals surface area (Å²) in [6, 6.07) is 24.1. The quantitative estimate of drug-likeness (QED) is 0.147. The summed E-state index contributed by atoms with van der Waals surface area (Å²) in [7, 11) is 0. The predicted octanol–water partition coefficient (Wildman–Crippen LogP) is 8.64. The maximum absolute atomic E-state index is 13.9. The molecule has 0 saturated carbocycles. The zero-order valence-electron chi connectivity index (χ0n) is 24.8. The maximum Gasteiger partial charge on any atom is 0.282 e. The summed E-state index contributed by atoms with van der Waals surface area (Å²) in [5, 5.41) is 15.1. The standard InChI is InChI=1S/C35H30BrClN4O3/c1-5-43-32-14-22(4)29(17-28(32)21(2)3)34-40-31-13-9-8-12-27(31)35(42)41(34)39-19-25-15-26(37)16-30(36)33(25)44-20-24-11-7-6-10-23(24)18-38/h6-17,19,21H,5,20H2,1-4H3. The summed E-state index contributed by atoms with van der Waals surface area (Å²) in [4.78, 5) is 18.9. The van der Waals surface area contributed by atoms with E-state index in [9.17, 15) is 10.1 Å². The Morgan fingerprint density at radius 1 is 1.09 bits per heavy atom. The lowest BCUT2D eigenvalue weighted by atomic mass is 9.96. The van der Waals surface area contributed by atoms with Crippen LogP contribution in [-0.4, -0.2) is 22.5 Å². The Balaban J connectivity index is 1.66. The monoisotopic (exact) mass is 668 g/mol. The second-order valence-corrected chi connectivity index (χ2v) is 11.8. The topological polar surface area (TPSA) is 89.5 Å². The van der Waals surface area contributed by atoms with E-state index in [-0.39, 0.29) is 18.1 Å². The molecule has 1 aromatic heterocycles. The molecular weight excluding hydrogens is 640 g/mol. The van der Waals surface area contributed by atoms with E-state index in [2.05, 4.69) is 40.9 Å². The van der Waals surface area contributed by atoms with E-state index in [0.29, 0.717) is 49.7 Å². The molecule has 0 radical (unpaired) electrons. The lowest BCUT2D eigenvalue weighted by Crippen LogP contribution is -2.21. The number of hydrogen-bond donors (Lipinski definition) is 0. The van der Waals surface area contributed by atoms with Gasteiger partial charge in [-0.05, 0) is 89.3 Å². The minimum atomic E-state index is -0.312. The van der Waals surface area contributed by atoms with E-state index >= 15 is 0 Å². The number of aromatic nitrogens is 2. The number of nitriles is 1. The molecule has 1 heterocycles. The minimum absolute atomic E-state index is 0.150. The van der Waals surface area contributed by atoms with Gasteiger partial charge in [0.25, 0.3) is 5.56 Å². The molecule has 0 fully saturated rings. The normalized spacial score (nSPS) is 11.3. The zero-order valence-corrected chi connectivity index (χ0v) is 27.1. The largest absolute Gasteiger partial charge is 0.494 e. The number of nitrogens with zero attached hydrogens (tertiary/aromatic N) is 4. The van der Waals surface area contributed by atoms with Crippen LogP contribution >= 0.6 is 27.5 Å². The van der Waals surface area contributed by atoms with E-state index in [1.807, 2.05) is 56.3 Å². The van der Waals surface area contributed by atoms with Gasteiger partial charge in [-0.3, -0.25) is 4.79 Å². The van der Waals surface area contributed by atoms with Crippen LogP contribution in [0.5, 0.6) is 11.5 Å².